The zero-order valence-corrected chi connectivity index (χ0v) is 12.4. The van der Waals surface area contributed by atoms with Gasteiger partial charge in [0.15, 0.2) is 11.5 Å². The van der Waals surface area contributed by atoms with Crippen molar-refractivity contribution < 1.29 is 9.47 Å². The van der Waals surface area contributed by atoms with E-state index in [1.165, 1.54) is 11.1 Å². The van der Waals surface area contributed by atoms with E-state index >= 15 is 0 Å². The molecule has 0 aliphatic carbocycles. The van der Waals surface area contributed by atoms with Crippen LogP contribution in [0.15, 0.2) is 36.1 Å². The van der Waals surface area contributed by atoms with Gasteiger partial charge in [0, 0.05) is 14.5 Å². The Kier molecular flexibility index (Phi) is 3.65. The lowest BCUT2D eigenvalue weighted by molar-refractivity contribution is 0.174. The molecule has 96 valence electrons. The van der Waals surface area contributed by atoms with Crippen molar-refractivity contribution in [2.45, 2.75) is 32.1 Å². The number of allylic oxidation sites excluding steroid dienone is 1. The van der Waals surface area contributed by atoms with Gasteiger partial charge in [0.25, 0.3) is 0 Å². The zero-order chi connectivity index (χ0) is 13.2. The summed E-state index contributed by atoms with van der Waals surface area (Å²) < 4.78 is 10.7. The lowest BCUT2D eigenvalue weighted by Crippen LogP contribution is -2.20. The predicted octanol–water partition coefficient (Wildman–Crippen LogP) is 4.01. The molecular formula is C15H20O2Si. The summed E-state index contributed by atoms with van der Waals surface area (Å²) in [6, 6.07) is 7.27. The SMILES string of the molecule is C=C=C(Cc1ccc2c(c1)OCO2)C[Si](C)(C)C. The second kappa shape index (κ2) is 5.05. The summed E-state index contributed by atoms with van der Waals surface area (Å²) in [6.07, 6.45) is 0.907. The fourth-order valence-corrected chi connectivity index (χ4v) is 3.66. The lowest BCUT2D eigenvalue weighted by atomic mass is 10.1. The summed E-state index contributed by atoms with van der Waals surface area (Å²) in [4.78, 5) is 0. The van der Waals surface area contributed by atoms with Gasteiger partial charge in [-0.25, -0.2) is 0 Å². The molecule has 0 amide bonds. The number of benzene rings is 1. The Morgan fingerprint density at radius 1 is 1.28 bits per heavy atom. The third kappa shape index (κ3) is 3.28. The van der Waals surface area contributed by atoms with Gasteiger partial charge < -0.3 is 9.47 Å². The molecule has 0 fully saturated rings. The molecule has 0 saturated carbocycles. The van der Waals surface area contributed by atoms with Gasteiger partial charge in [0.05, 0.1) is 0 Å². The second-order valence-corrected chi connectivity index (χ2v) is 11.4. The number of rotatable bonds is 4. The molecule has 0 bridgehead atoms. The second-order valence-electron chi connectivity index (χ2n) is 5.88. The smallest absolute Gasteiger partial charge is 0.231 e. The van der Waals surface area contributed by atoms with E-state index in [1.807, 2.05) is 6.07 Å². The number of ether oxygens (including phenoxy) is 2. The van der Waals surface area contributed by atoms with Gasteiger partial charge >= 0.3 is 0 Å². The summed E-state index contributed by atoms with van der Waals surface area (Å²) >= 11 is 0. The van der Waals surface area contributed by atoms with E-state index in [4.69, 9.17) is 9.47 Å². The molecule has 1 aliphatic heterocycles. The van der Waals surface area contributed by atoms with E-state index in [-0.39, 0.29) is 0 Å². The van der Waals surface area contributed by atoms with Crippen molar-refractivity contribution in [3.63, 3.8) is 0 Å². The Bertz CT molecular complexity index is 494. The molecule has 18 heavy (non-hydrogen) atoms. The van der Waals surface area contributed by atoms with Crippen LogP contribution in [0.4, 0.5) is 0 Å². The van der Waals surface area contributed by atoms with Crippen LogP contribution in [0.25, 0.3) is 0 Å². The molecule has 1 aromatic carbocycles. The van der Waals surface area contributed by atoms with Crippen LogP contribution in [0.1, 0.15) is 5.56 Å². The molecule has 0 saturated heterocycles. The molecule has 0 spiro atoms. The molecule has 2 nitrogen and oxygen atoms in total. The first kappa shape index (κ1) is 13.0. The van der Waals surface area contributed by atoms with E-state index in [0.717, 1.165) is 24.0 Å². The van der Waals surface area contributed by atoms with Crippen molar-refractivity contribution in [2.75, 3.05) is 6.79 Å². The highest BCUT2D eigenvalue weighted by Crippen LogP contribution is 2.33. The highest BCUT2D eigenvalue weighted by Gasteiger charge is 2.17. The van der Waals surface area contributed by atoms with Crippen LogP contribution in [0.5, 0.6) is 11.5 Å². The van der Waals surface area contributed by atoms with Crippen LogP contribution in [0.2, 0.25) is 25.7 Å². The number of fused-ring (bicyclic) bond motifs is 1. The van der Waals surface area contributed by atoms with Gasteiger partial charge in [0.2, 0.25) is 6.79 Å². The highest BCUT2D eigenvalue weighted by atomic mass is 28.3. The summed E-state index contributed by atoms with van der Waals surface area (Å²) in [7, 11) is -1.11. The lowest BCUT2D eigenvalue weighted by Gasteiger charge is -2.17. The maximum Gasteiger partial charge on any atom is 0.231 e. The van der Waals surface area contributed by atoms with Crippen LogP contribution in [-0.4, -0.2) is 14.9 Å². The van der Waals surface area contributed by atoms with Crippen LogP contribution >= 0.6 is 0 Å². The van der Waals surface area contributed by atoms with Crippen LogP contribution in [0.3, 0.4) is 0 Å². The fourth-order valence-electron chi connectivity index (χ4n) is 2.12. The summed E-state index contributed by atoms with van der Waals surface area (Å²) in [5, 5.41) is 0. The van der Waals surface area contributed by atoms with E-state index in [9.17, 15) is 0 Å². The monoisotopic (exact) mass is 260 g/mol. The molecule has 1 aliphatic rings. The Morgan fingerprint density at radius 3 is 2.67 bits per heavy atom. The van der Waals surface area contributed by atoms with E-state index in [0.29, 0.717) is 6.79 Å². The quantitative estimate of drug-likeness (QED) is 0.601. The average Bonchev–Trinajstić information content (AvgIpc) is 2.73. The van der Waals surface area contributed by atoms with Crippen molar-refractivity contribution in [2.24, 2.45) is 0 Å². The maximum absolute atomic E-state index is 5.40. The minimum absolute atomic E-state index is 0.331. The van der Waals surface area contributed by atoms with Gasteiger partial charge in [-0.15, -0.1) is 5.73 Å². The topological polar surface area (TPSA) is 18.5 Å². The Hall–Kier alpha value is -1.44. The summed E-state index contributed by atoms with van der Waals surface area (Å²) in [5.41, 5.74) is 5.64. The first-order valence-electron chi connectivity index (χ1n) is 6.24. The van der Waals surface area contributed by atoms with E-state index < -0.39 is 8.07 Å². The van der Waals surface area contributed by atoms with Crippen molar-refractivity contribution in [1.82, 2.24) is 0 Å². The highest BCUT2D eigenvalue weighted by molar-refractivity contribution is 6.76. The minimum Gasteiger partial charge on any atom is -0.454 e. The number of hydrogen-bond acceptors (Lipinski definition) is 2. The van der Waals surface area contributed by atoms with E-state index in [1.54, 1.807) is 0 Å². The normalized spacial score (nSPS) is 13.3. The van der Waals surface area contributed by atoms with E-state index in [2.05, 4.69) is 44.1 Å². The maximum atomic E-state index is 5.40. The standard InChI is InChI=1S/C15H20O2Si/c1-5-12(10-18(2,3)4)8-13-6-7-14-15(9-13)17-11-16-14/h6-7,9H,1,8,10-11H2,2-4H3. The van der Waals surface area contributed by atoms with Gasteiger partial charge in [-0.1, -0.05) is 32.3 Å². The Balaban J connectivity index is 2.11. The Labute approximate surface area is 110 Å². The average molecular weight is 260 g/mol. The largest absolute Gasteiger partial charge is 0.454 e. The van der Waals surface area contributed by atoms with Crippen molar-refractivity contribution in [3.05, 3.63) is 41.6 Å². The minimum atomic E-state index is -1.11. The first-order valence-corrected chi connectivity index (χ1v) is 9.95. The van der Waals surface area contributed by atoms with Gasteiger partial charge in [-0.3, -0.25) is 0 Å². The molecular weight excluding hydrogens is 240 g/mol. The third-order valence-corrected chi connectivity index (χ3v) is 4.34. The van der Waals surface area contributed by atoms with Gasteiger partial charge in [-0.05, 0) is 29.3 Å². The third-order valence-electron chi connectivity index (χ3n) is 2.85. The molecule has 2 rings (SSSR count). The Morgan fingerprint density at radius 2 is 2.00 bits per heavy atom. The zero-order valence-electron chi connectivity index (χ0n) is 11.4. The number of hydrogen-bond donors (Lipinski definition) is 0. The van der Waals surface area contributed by atoms with Crippen molar-refractivity contribution in [1.29, 1.82) is 0 Å². The predicted molar refractivity (Wildman–Crippen MR) is 77.1 cm³/mol. The van der Waals surface area contributed by atoms with Crippen molar-refractivity contribution in [3.8, 4) is 11.5 Å². The van der Waals surface area contributed by atoms with Crippen LogP contribution in [0, 0.1) is 0 Å². The van der Waals surface area contributed by atoms with Gasteiger partial charge in [-0.2, -0.15) is 0 Å². The molecule has 0 unspecified atom stereocenters. The molecule has 3 heteroatoms. The first-order chi connectivity index (χ1) is 8.48. The molecule has 1 aromatic rings. The molecule has 0 N–H and O–H groups in total. The fraction of sp³-hybridized carbons (Fsp3) is 0.400. The van der Waals surface area contributed by atoms with Crippen LogP contribution < -0.4 is 9.47 Å². The van der Waals surface area contributed by atoms with Crippen LogP contribution in [-0.2, 0) is 6.42 Å². The van der Waals surface area contributed by atoms with Gasteiger partial charge in [0.1, 0.15) is 0 Å². The molecule has 0 aromatic heterocycles. The van der Waals surface area contributed by atoms with Crippen molar-refractivity contribution >= 4 is 8.07 Å². The molecule has 0 radical (unpaired) electrons. The summed E-state index contributed by atoms with van der Waals surface area (Å²) in [5.74, 6) is 1.69. The molecule has 1 heterocycles. The molecule has 0 atom stereocenters. The summed E-state index contributed by atoms with van der Waals surface area (Å²) in [6.45, 7) is 11.2.